The van der Waals surface area contributed by atoms with Gasteiger partial charge in [0.15, 0.2) is 22.1 Å². The van der Waals surface area contributed by atoms with Crippen molar-refractivity contribution in [2.24, 2.45) is 5.92 Å². The van der Waals surface area contributed by atoms with Gasteiger partial charge in [-0.05, 0) is 31.4 Å². The summed E-state index contributed by atoms with van der Waals surface area (Å²) < 4.78 is 5.17. The quantitative estimate of drug-likeness (QED) is 0.520. The van der Waals surface area contributed by atoms with Crippen molar-refractivity contribution in [3.8, 4) is 0 Å². The average molecular weight is 397 g/mol. The first kappa shape index (κ1) is 20.1. The van der Waals surface area contributed by atoms with Gasteiger partial charge in [0, 0.05) is 18.1 Å². The number of hydrogen-bond donors (Lipinski definition) is 2. The molecule has 1 amide bonds. The SMILES string of the molecule is CC(C)CCNc1nc(C(=O)O[C@H](C)C(=O)Nc2cccnc2Cl)cs1. The highest BCUT2D eigenvalue weighted by Gasteiger charge is 2.21. The maximum atomic E-state index is 12.2. The van der Waals surface area contributed by atoms with Gasteiger partial charge in [-0.25, -0.2) is 14.8 Å². The predicted molar refractivity (Wildman–Crippen MR) is 103 cm³/mol. The molecule has 0 aliphatic carbocycles. The Morgan fingerprint density at radius 3 is 2.81 bits per heavy atom. The molecule has 2 N–H and O–H groups in total. The van der Waals surface area contributed by atoms with Gasteiger partial charge in [-0.3, -0.25) is 4.79 Å². The van der Waals surface area contributed by atoms with Crippen LogP contribution in [0, 0.1) is 5.92 Å². The van der Waals surface area contributed by atoms with E-state index < -0.39 is 18.0 Å². The summed E-state index contributed by atoms with van der Waals surface area (Å²) in [5, 5.41) is 8.15. The van der Waals surface area contributed by atoms with Crippen LogP contribution in [0.2, 0.25) is 5.15 Å². The van der Waals surface area contributed by atoms with E-state index in [1.165, 1.54) is 24.5 Å². The fourth-order valence-corrected chi connectivity index (χ4v) is 2.78. The van der Waals surface area contributed by atoms with Crippen LogP contribution < -0.4 is 10.6 Å². The summed E-state index contributed by atoms with van der Waals surface area (Å²) in [7, 11) is 0. The normalized spacial score (nSPS) is 11.9. The molecule has 0 aromatic carbocycles. The third-order valence-electron chi connectivity index (χ3n) is 3.38. The minimum atomic E-state index is -1.00. The Labute approximate surface area is 161 Å². The Hall–Kier alpha value is -2.19. The van der Waals surface area contributed by atoms with E-state index >= 15 is 0 Å². The van der Waals surface area contributed by atoms with Crippen LogP contribution in [0.4, 0.5) is 10.8 Å². The number of nitrogens with one attached hydrogen (secondary N) is 2. The van der Waals surface area contributed by atoms with E-state index in [0.717, 1.165) is 13.0 Å². The van der Waals surface area contributed by atoms with Gasteiger partial charge in [-0.2, -0.15) is 0 Å². The Kier molecular flexibility index (Phi) is 7.35. The first-order valence-electron chi connectivity index (χ1n) is 8.18. The second-order valence-electron chi connectivity index (χ2n) is 6.03. The van der Waals surface area contributed by atoms with Crippen molar-refractivity contribution in [3.05, 3.63) is 34.6 Å². The zero-order valence-corrected chi connectivity index (χ0v) is 16.4. The molecule has 26 heavy (non-hydrogen) atoms. The van der Waals surface area contributed by atoms with Crippen LogP contribution in [-0.2, 0) is 9.53 Å². The number of carbonyl (C=O) groups is 2. The minimum absolute atomic E-state index is 0.163. The summed E-state index contributed by atoms with van der Waals surface area (Å²) in [6, 6.07) is 3.25. The molecule has 0 fully saturated rings. The van der Waals surface area contributed by atoms with Gasteiger partial charge < -0.3 is 15.4 Å². The number of halogens is 1. The Bertz CT molecular complexity index is 766. The van der Waals surface area contributed by atoms with E-state index in [1.807, 2.05) is 0 Å². The van der Waals surface area contributed by atoms with Gasteiger partial charge in [0.05, 0.1) is 5.69 Å². The molecule has 0 spiro atoms. The van der Waals surface area contributed by atoms with Gasteiger partial charge in [0.25, 0.3) is 5.91 Å². The highest BCUT2D eigenvalue weighted by molar-refractivity contribution is 7.13. The molecule has 0 aliphatic rings. The van der Waals surface area contributed by atoms with Crippen molar-refractivity contribution in [1.82, 2.24) is 9.97 Å². The number of carbonyl (C=O) groups excluding carboxylic acids is 2. The smallest absolute Gasteiger partial charge is 0.358 e. The molecular formula is C17H21ClN4O3S. The van der Waals surface area contributed by atoms with Crippen molar-refractivity contribution in [1.29, 1.82) is 0 Å². The number of nitrogens with zero attached hydrogens (tertiary/aromatic N) is 2. The highest BCUT2D eigenvalue weighted by Crippen LogP contribution is 2.19. The lowest BCUT2D eigenvalue weighted by atomic mass is 10.1. The monoisotopic (exact) mass is 396 g/mol. The van der Waals surface area contributed by atoms with Crippen LogP contribution >= 0.6 is 22.9 Å². The average Bonchev–Trinajstić information content (AvgIpc) is 3.05. The molecule has 7 nitrogen and oxygen atoms in total. The lowest BCUT2D eigenvalue weighted by Crippen LogP contribution is -2.30. The Balaban J connectivity index is 1.87. The first-order chi connectivity index (χ1) is 12.4. The van der Waals surface area contributed by atoms with Gasteiger partial charge >= 0.3 is 5.97 Å². The molecule has 2 rings (SSSR count). The number of ether oxygens (including phenoxy) is 1. The minimum Gasteiger partial charge on any atom is -0.448 e. The van der Waals surface area contributed by atoms with E-state index in [2.05, 4.69) is 34.4 Å². The van der Waals surface area contributed by atoms with Crippen LogP contribution in [0.25, 0.3) is 0 Å². The van der Waals surface area contributed by atoms with Crippen molar-refractivity contribution >= 4 is 45.6 Å². The summed E-state index contributed by atoms with van der Waals surface area (Å²) in [4.78, 5) is 32.3. The van der Waals surface area contributed by atoms with E-state index in [-0.39, 0.29) is 10.8 Å². The summed E-state index contributed by atoms with van der Waals surface area (Å²) in [5.74, 6) is -0.573. The van der Waals surface area contributed by atoms with Crippen molar-refractivity contribution in [3.63, 3.8) is 0 Å². The molecule has 0 bridgehead atoms. The molecule has 0 saturated carbocycles. The van der Waals surface area contributed by atoms with Crippen molar-refractivity contribution in [2.75, 3.05) is 17.2 Å². The summed E-state index contributed by atoms with van der Waals surface area (Å²) in [5.41, 5.74) is 0.522. The standard InChI is InChI=1S/C17H21ClN4O3S/c1-10(2)6-8-20-17-22-13(9-26-17)16(24)25-11(3)15(23)21-12-5-4-7-19-14(12)18/h4-5,7,9-11H,6,8H2,1-3H3,(H,20,22)(H,21,23)/t11-/m1/s1. The number of esters is 1. The molecule has 0 radical (unpaired) electrons. The number of rotatable bonds is 8. The lowest BCUT2D eigenvalue weighted by Gasteiger charge is -2.13. The number of amides is 1. The topological polar surface area (TPSA) is 93.2 Å². The zero-order valence-electron chi connectivity index (χ0n) is 14.8. The van der Waals surface area contributed by atoms with Gasteiger partial charge in [0.1, 0.15) is 0 Å². The number of anilines is 2. The molecule has 9 heteroatoms. The Morgan fingerprint density at radius 1 is 1.35 bits per heavy atom. The largest absolute Gasteiger partial charge is 0.448 e. The zero-order chi connectivity index (χ0) is 19.1. The maximum Gasteiger partial charge on any atom is 0.358 e. The molecule has 1 atom stereocenters. The van der Waals surface area contributed by atoms with Crippen LogP contribution in [0.1, 0.15) is 37.7 Å². The second-order valence-corrected chi connectivity index (χ2v) is 7.24. The summed E-state index contributed by atoms with van der Waals surface area (Å²) >= 11 is 7.21. The number of aromatic nitrogens is 2. The van der Waals surface area contributed by atoms with Gasteiger partial charge in [-0.1, -0.05) is 25.4 Å². The fraction of sp³-hybridized carbons (Fsp3) is 0.412. The fourth-order valence-electron chi connectivity index (χ4n) is 1.90. The highest BCUT2D eigenvalue weighted by atomic mass is 35.5. The summed E-state index contributed by atoms with van der Waals surface area (Å²) in [6.45, 7) is 6.53. The van der Waals surface area contributed by atoms with Gasteiger partial charge in [-0.15, -0.1) is 11.3 Å². The van der Waals surface area contributed by atoms with Crippen LogP contribution in [0.3, 0.4) is 0 Å². The molecule has 2 aromatic rings. The van der Waals surface area contributed by atoms with Crippen LogP contribution in [-0.4, -0.2) is 34.5 Å². The predicted octanol–water partition coefficient (Wildman–Crippen LogP) is 3.83. The number of thiazole rings is 1. The molecule has 0 aliphatic heterocycles. The number of pyridine rings is 1. The van der Waals surface area contributed by atoms with Crippen LogP contribution in [0.5, 0.6) is 0 Å². The Morgan fingerprint density at radius 2 is 2.12 bits per heavy atom. The molecule has 2 heterocycles. The molecule has 0 saturated heterocycles. The first-order valence-corrected chi connectivity index (χ1v) is 9.44. The maximum absolute atomic E-state index is 12.2. The summed E-state index contributed by atoms with van der Waals surface area (Å²) in [6.07, 6.45) is 1.52. The lowest BCUT2D eigenvalue weighted by molar-refractivity contribution is -0.123. The van der Waals surface area contributed by atoms with E-state index in [0.29, 0.717) is 16.7 Å². The van der Waals surface area contributed by atoms with Crippen LogP contribution in [0.15, 0.2) is 23.7 Å². The van der Waals surface area contributed by atoms with Crippen molar-refractivity contribution < 1.29 is 14.3 Å². The molecule has 140 valence electrons. The molecular weight excluding hydrogens is 376 g/mol. The van der Waals surface area contributed by atoms with Gasteiger partial charge in [0.2, 0.25) is 0 Å². The van der Waals surface area contributed by atoms with Crippen molar-refractivity contribution in [2.45, 2.75) is 33.3 Å². The van der Waals surface area contributed by atoms with E-state index in [4.69, 9.17) is 16.3 Å². The molecule has 0 unspecified atom stereocenters. The number of hydrogen-bond acceptors (Lipinski definition) is 7. The van der Waals surface area contributed by atoms with E-state index in [9.17, 15) is 9.59 Å². The third-order valence-corrected chi connectivity index (χ3v) is 4.48. The third kappa shape index (κ3) is 5.96. The second kappa shape index (κ2) is 9.49. The molecule has 2 aromatic heterocycles. The van der Waals surface area contributed by atoms with E-state index in [1.54, 1.807) is 17.5 Å².